The molecule has 0 aliphatic rings. The molecule has 0 amide bonds. The van der Waals surface area contributed by atoms with E-state index in [0.29, 0.717) is 10.7 Å². The number of anilines is 1. The zero-order chi connectivity index (χ0) is 11.5. The summed E-state index contributed by atoms with van der Waals surface area (Å²) >= 11 is 7.76. The van der Waals surface area contributed by atoms with Crippen molar-refractivity contribution >= 4 is 49.9 Å². The molecule has 0 heterocycles. The van der Waals surface area contributed by atoms with E-state index < -0.39 is 10.0 Å². The summed E-state index contributed by atoms with van der Waals surface area (Å²) in [5.74, 6) is -0.0916. The Morgan fingerprint density at radius 1 is 1.47 bits per heavy atom. The number of hydrogen-bond donors (Lipinski definition) is 2. The third kappa shape index (κ3) is 4.13. The third-order valence-electron chi connectivity index (χ3n) is 1.58. The second-order valence-corrected chi connectivity index (χ2v) is 6.27. The fraction of sp³-hybridized carbons (Fsp3) is 0.250. The van der Waals surface area contributed by atoms with Crippen molar-refractivity contribution < 1.29 is 8.42 Å². The van der Waals surface area contributed by atoms with Crippen molar-refractivity contribution in [3.8, 4) is 0 Å². The van der Waals surface area contributed by atoms with E-state index in [4.69, 9.17) is 17.3 Å². The van der Waals surface area contributed by atoms with Crippen molar-refractivity contribution in [3.05, 3.63) is 26.8 Å². The van der Waals surface area contributed by atoms with E-state index in [-0.39, 0.29) is 12.3 Å². The van der Waals surface area contributed by atoms with Gasteiger partial charge in [0.15, 0.2) is 0 Å². The molecule has 1 aromatic carbocycles. The van der Waals surface area contributed by atoms with Gasteiger partial charge in [-0.1, -0.05) is 11.6 Å². The highest BCUT2D eigenvalue weighted by Crippen LogP contribution is 2.23. The number of hydrogen-bond acceptors (Lipinski definition) is 3. The van der Waals surface area contributed by atoms with E-state index in [1.54, 1.807) is 18.2 Å². The van der Waals surface area contributed by atoms with Gasteiger partial charge in [0.2, 0.25) is 10.0 Å². The first-order chi connectivity index (χ1) is 6.94. The quantitative estimate of drug-likeness (QED) is 0.802. The number of halogens is 2. The van der Waals surface area contributed by atoms with Crippen molar-refractivity contribution in [3.63, 3.8) is 0 Å². The molecule has 0 aromatic heterocycles. The zero-order valence-electron chi connectivity index (χ0n) is 7.70. The average molecular weight is 361 g/mol. The number of sulfonamides is 1. The third-order valence-corrected chi connectivity index (χ3v) is 4.01. The van der Waals surface area contributed by atoms with Gasteiger partial charge in [0, 0.05) is 15.1 Å². The number of nitrogens with two attached hydrogens (primary N) is 1. The maximum atomic E-state index is 11.4. The summed E-state index contributed by atoms with van der Waals surface area (Å²) < 4.78 is 26.0. The SMILES string of the molecule is NCCS(=O)(=O)Nc1ccc(Cl)cc1I. The van der Waals surface area contributed by atoms with Crippen molar-refractivity contribution in [2.75, 3.05) is 17.0 Å². The van der Waals surface area contributed by atoms with Crippen LogP contribution >= 0.6 is 34.2 Å². The first-order valence-corrected chi connectivity index (χ1v) is 7.21. The van der Waals surface area contributed by atoms with Crippen LogP contribution in [-0.4, -0.2) is 20.7 Å². The average Bonchev–Trinajstić information content (AvgIpc) is 2.09. The van der Waals surface area contributed by atoms with E-state index >= 15 is 0 Å². The summed E-state index contributed by atoms with van der Waals surface area (Å²) in [6.45, 7) is 0.0967. The molecule has 0 bridgehead atoms. The molecule has 0 aliphatic carbocycles. The van der Waals surface area contributed by atoms with Gasteiger partial charge < -0.3 is 5.73 Å². The molecule has 7 heteroatoms. The van der Waals surface area contributed by atoms with E-state index in [0.717, 1.165) is 3.57 Å². The summed E-state index contributed by atoms with van der Waals surface area (Å²) in [6, 6.07) is 4.94. The fourth-order valence-corrected chi connectivity index (χ4v) is 3.06. The van der Waals surface area contributed by atoms with Crippen LogP contribution < -0.4 is 10.5 Å². The minimum absolute atomic E-state index is 0.0916. The summed E-state index contributed by atoms with van der Waals surface area (Å²) in [6.07, 6.45) is 0. The first-order valence-electron chi connectivity index (χ1n) is 4.10. The molecule has 0 radical (unpaired) electrons. The van der Waals surface area contributed by atoms with Gasteiger partial charge in [-0.15, -0.1) is 0 Å². The molecule has 4 nitrogen and oxygen atoms in total. The molecule has 1 aromatic rings. The number of benzene rings is 1. The monoisotopic (exact) mass is 360 g/mol. The standard InChI is InChI=1S/C8H10ClIN2O2S/c9-6-1-2-8(7(10)5-6)12-15(13,14)4-3-11/h1-2,5,12H,3-4,11H2. The second kappa shape index (κ2) is 5.33. The zero-order valence-corrected chi connectivity index (χ0v) is 11.4. The lowest BCUT2D eigenvalue weighted by Gasteiger charge is -2.08. The molecule has 84 valence electrons. The van der Waals surface area contributed by atoms with E-state index in [9.17, 15) is 8.42 Å². The molecule has 0 unspecified atom stereocenters. The van der Waals surface area contributed by atoms with Gasteiger partial charge in [-0.25, -0.2) is 8.42 Å². The second-order valence-electron chi connectivity index (χ2n) is 2.83. The maximum Gasteiger partial charge on any atom is 0.234 e. The van der Waals surface area contributed by atoms with Gasteiger partial charge in [0.05, 0.1) is 11.4 Å². The van der Waals surface area contributed by atoms with Gasteiger partial charge in [-0.3, -0.25) is 4.72 Å². The van der Waals surface area contributed by atoms with Crippen LogP contribution in [0.5, 0.6) is 0 Å². The Balaban J connectivity index is 2.90. The van der Waals surface area contributed by atoms with Crippen LogP contribution in [0.3, 0.4) is 0 Å². The Hall–Kier alpha value is -0.0500. The molecule has 3 N–H and O–H groups in total. The van der Waals surface area contributed by atoms with Crippen LogP contribution in [0.1, 0.15) is 0 Å². The van der Waals surface area contributed by atoms with E-state index in [1.807, 2.05) is 22.6 Å². The predicted octanol–water partition coefficient (Wildman–Crippen LogP) is 1.65. The molecular formula is C8H10ClIN2O2S. The minimum atomic E-state index is -3.34. The lowest BCUT2D eigenvalue weighted by atomic mass is 10.3. The summed E-state index contributed by atoms with van der Waals surface area (Å²) in [7, 11) is -3.34. The van der Waals surface area contributed by atoms with E-state index in [1.165, 1.54) is 0 Å². The van der Waals surface area contributed by atoms with Crippen molar-refractivity contribution in [2.45, 2.75) is 0 Å². The van der Waals surface area contributed by atoms with Crippen molar-refractivity contribution in [1.82, 2.24) is 0 Å². The molecule has 0 saturated carbocycles. The molecule has 15 heavy (non-hydrogen) atoms. The normalized spacial score (nSPS) is 11.4. The van der Waals surface area contributed by atoms with Gasteiger partial charge in [0.1, 0.15) is 0 Å². The van der Waals surface area contributed by atoms with Crippen LogP contribution in [-0.2, 0) is 10.0 Å². The number of rotatable bonds is 4. The van der Waals surface area contributed by atoms with Crippen LogP contribution in [0.2, 0.25) is 5.02 Å². The van der Waals surface area contributed by atoms with Gasteiger partial charge in [-0.05, 0) is 40.8 Å². The van der Waals surface area contributed by atoms with Crippen LogP contribution in [0.4, 0.5) is 5.69 Å². The summed E-state index contributed by atoms with van der Waals surface area (Å²) in [5.41, 5.74) is 5.71. The van der Waals surface area contributed by atoms with Crippen LogP contribution in [0.25, 0.3) is 0 Å². The van der Waals surface area contributed by atoms with Gasteiger partial charge >= 0.3 is 0 Å². The Morgan fingerprint density at radius 3 is 2.67 bits per heavy atom. The topological polar surface area (TPSA) is 72.2 Å². The Kier molecular flexibility index (Phi) is 4.63. The summed E-state index contributed by atoms with van der Waals surface area (Å²) in [5, 5.41) is 0.571. The molecule has 0 saturated heterocycles. The fourth-order valence-electron chi connectivity index (χ4n) is 0.946. The Labute approximate surface area is 107 Å². The van der Waals surface area contributed by atoms with Crippen LogP contribution in [0.15, 0.2) is 18.2 Å². The van der Waals surface area contributed by atoms with Crippen molar-refractivity contribution in [1.29, 1.82) is 0 Å². The summed E-state index contributed by atoms with van der Waals surface area (Å²) in [4.78, 5) is 0. The lowest BCUT2D eigenvalue weighted by Crippen LogP contribution is -2.22. The lowest BCUT2D eigenvalue weighted by molar-refractivity contribution is 0.601. The van der Waals surface area contributed by atoms with Gasteiger partial charge in [0.25, 0.3) is 0 Å². The van der Waals surface area contributed by atoms with E-state index in [2.05, 4.69) is 4.72 Å². The number of nitrogens with one attached hydrogen (secondary N) is 1. The smallest absolute Gasteiger partial charge is 0.234 e. The molecule has 0 aliphatic heterocycles. The highest BCUT2D eigenvalue weighted by Gasteiger charge is 2.10. The van der Waals surface area contributed by atoms with Gasteiger partial charge in [-0.2, -0.15) is 0 Å². The van der Waals surface area contributed by atoms with Crippen molar-refractivity contribution in [2.24, 2.45) is 5.73 Å². The Bertz CT molecular complexity index is 450. The molecular weight excluding hydrogens is 351 g/mol. The maximum absolute atomic E-state index is 11.4. The first kappa shape index (κ1) is 13.0. The molecule has 0 spiro atoms. The largest absolute Gasteiger partial charge is 0.329 e. The van der Waals surface area contributed by atoms with Crippen LogP contribution in [0, 0.1) is 3.57 Å². The highest BCUT2D eigenvalue weighted by molar-refractivity contribution is 14.1. The highest BCUT2D eigenvalue weighted by atomic mass is 127. The minimum Gasteiger partial charge on any atom is -0.329 e. The Morgan fingerprint density at radius 2 is 2.13 bits per heavy atom. The predicted molar refractivity (Wildman–Crippen MR) is 70.6 cm³/mol. The molecule has 0 atom stereocenters. The molecule has 1 rings (SSSR count). The molecule has 0 fully saturated rings.